The van der Waals surface area contributed by atoms with Crippen LogP contribution in [0, 0.1) is 5.92 Å². The second kappa shape index (κ2) is 9.83. The van der Waals surface area contributed by atoms with Crippen molar-refractivity contribution in [1.29, 1.82) is 0 Å². The van der Waals surface area contributed by atoms with Crippen molar-refractivity contribution in [2.75, 3.05) is 0 Å². The lowest BCUT2D eigenvalue weighted by molar-refractivity contribution is -0.149. The molecule has 2 aromatic carbocycles. The van der Waals surface area contributed by atoms with Gasteiger partial charge in [-0.15, -0.1) is 0 Å². The molecule has 0 fully saturated rings. The van der Waals surface area contributed by atoms with Gasteiger partial charge in [0.15, 0.2) is 0 Å². The van der Waals surface area contributed by atoms with Crippen LogP contribution in [0.25, 0.3) is 10.8 Å². The van der Waals surface area contributed by atoms with Crippen molar-refractivity contribution >= 4 is 22.5 Å². The summed E-state index contributed by atoms with van der Waals surface area (Å²) < 4.78 is 1.91. The standard InChI is InChI=1S/C23H27N3O2/c1-3-7-19(8-4-2)23(27)28-25-22(16-26-14-13-24-17-26)21-12-11-18-9-5-6-10-20(18)15-21/h5-6,9-15,17,19H,3-4,7-8,16H2,1-2H3/b25-22+. The molecule has 3 rings (SSSR count). The fourth-order valence-corrected chi connectivity index (χ4v) is 3.35. The van der Waals surface area contributed by atoms with Crippen molar-refractivity contribution in [3.05, 3.63) is 66.7 Å². The Labute approximate surface area is 166 Å². The van der Waals surface area contributed by atoms with E-state index < -0.39 is 0 Å². The molecule has 0 atom stereocenters. The van der Waals surface area contributed by atoms with Gasteiger partial charge < -0.3 is 9.40 Å². The first kappa shape index (κ1) is 19.8. The molecule has 0 unspecified atom stereocenters. The molecule has 0 bridgehead atoms. The number of aromatic nitrogens is 2. The van der Waals surface area contributed by atoms with E-state index in [1.165, 1.54) is 0 Å². The van der Waals surface area contributed by atoms with Crippen LogP contribution in [-0.2, 0) is 16.2 Å². The zero-order valence-electron chi connectivity index (χ0n) is 16.5. The highest BCUT2D eigenvalue weighted by Gasteiger charge is 2.19. The predicted molar refractivity (Wildman–Crippen MR) is 112 cm³/mol. The number of rotatable bonds is 9. The van der Waals surface area contributed by atoms with Crippen LogP contribution in [-0.4, -0.2) is 21.2 Å². The summed E-state index contributed by atoms with van der Waals surface area (Å²) in [6, 6.07) is 14.3. The number of hydrogen-bond acceptors (Lipinski definition) is 4. The maximum absolute atomic E-state index is 12.5. The van der Waals surface area contributed by atoms with Gasteiger partial charge in [0.25, 0.3) is 0 Å². The van der Waals surface area contributed by atoms with Crippen LogP contribution < -0.4 is 0 Å². The van der Waals surface area contributed by atoms with Crippen LogP contribution in [0.5, 0.6) is 0 Å². The molecule has 0 N–H and O–H groups in total. The fourth-order valence-electron chi connectivity index (χ4n) is 3.35. The molecule has 0 aliphatic rings. The second-order valence-corrected chi connectivity index (χ2v) is 7.02. The summed E-state index contributed by atoms with van der Waals surface area (Å²) in [6.07, 6.45) is 8.89. The Morgan fingerprint density at radius 3 is 2.54 bits per heavy atom. The third kappa shape index (κ3) is 5.06. The lowest BCUT2D eigenvalue weighted by Crippen LogP contribution is -2.18. The Kier molecular flexibility index (Phi) is 6.95. The summed E-state index contributed by atoms with van der Waals surface area (Å²) in [7, 11) is 0. The van der Waals surface area contributed by atoms with E-state index >= 15 is 0 Å². The van der Waals surface area contributed by atoms with Gasteiger partial charge in [0.2, 0.25) is 0 Å². The minimum atomic E-state index is -0.243. The van der Waals surface area contributed by atoms with Crippen molar-refractivity contribution in [2.24, 2.45) is 11.1 Å². The summed E-state index contributed by atoms with van der Waals surface area (Å²) >= 11 is 0. The predicted octanol–water partition coefficient (Wildman–Crippen LogP) is 5.20. The zero-order chi connectivity index (χ0) is 19.8. The third-order valence-electron chi connectivity index (χ3n) is 4.83. The topological polar surface area (TPSA) is 56.5 Å². The summed E-state index contributed by atoms with van der Waals surface area (Å²) in [5.41, 5.74) is 1.63. The van der Waals surface area contributed by atoms with Crippen LogP contribution in [0.15, 0.2) is 66.3 Å². The van der Waals surface area contributed by atoms with E-state index in [1.807, 2.05) is 29.0 Å². The van der Waals surface area contributed by atoms with Crippen molar-refractivity contribution in [3.63, 3.8) is 0 Å². The summed E-state index contributed by atoms with van der Waals surface area (Å²) in [6.45, 7) is 4.65. The van der Waals surface area contributed by atoms with Crippen molar-refractivity contribution in [3.8, 4) is 0 Å². The monoisotopic (exact) mass is 377 g/mol. The minimum absolute atomic E-state index is 0.0927. The maximum atomic E-state index is 12.5. The number of hydrogen-bond donors (Lipinski definition) is 0. The van der Waals surface area contributed by atoms with Gasteiger partial charge >= 0.3 is 5.97 Å². The van der Waals surface area contributed by atoms with Crippen LogP contribution in [0.1, 0.15) is 45.1 Å². The molecular weight excluding hydrogens is 350 g/mol. The molecule has 5 nitrogen and oxygen atoms in total. The molecule has 28 heavy (non-hydrogen) atoms. The molecule has 1 aromatic heterocycles. The number of benzene rings is 2. The first-order valence-corrected chi connectivity index (χ1v) is 9.94. The highest BCUT2D eigenvalue weighted by molar-refractivity contribution is 6.03. The van der Waals surface area contributed by atoms with Gasteiger partial charge in [-0.2, -0.15) is 0 Å². The lowest BCUT2D eigenvalue weighted by atomic mass is 9.99. The molecule has 3 aromatic rings. The molecule has 0 spiro atoms. The van der Waals surface area contributed by atoms with E-state index in [9.17, 15) is 4.79 Å². The third-order valence-corrected chi connectivity index (χ3v) is 4.83. The first-order chi connectivity index (χ1) is 13.7. The molecule has 0 amide bonds. The summed E-state index contributed by atoms with van der Waals surface area (Å²) in [4.78, 5) is 22.0. The van der Waals surface area contributed by atoms with E-state index in [1.54, 1.807) is 12.5 Å². The van der Waals surface area contributed by atoms with Gasteiger partial charge in [-0.25, -0.2) is 9.78 Å². The SMILES string of the molecule is CCCC(CCC)C(=O)O/N=C(\Cn1ccnc1)c1ccc2ccccc2c1. The quantitative estimate of drug-likeness (QED) is 0.292. The van der Waals surface area contributed by atoms with E-state index in [4.69, 9.17) is 4.84 Å². The Morgan fingerprint density at radius 1 is 1.11 bits per heavy atom. The van der Waals surface area contributed by atoms with Crippen LogP contribution >= 0.6 is 0 Å². The fraction of sp³-hybridized carbons (Fsp3) is 0.348. The van der Waals surface area contributed by atoms with E-state index in [-0.39, 0.29) is 11.9 Å². The second-order valence-electron chi connectivity index (χ2n) is 7.02. The Bertz CT molecular complexity index is 926. The smallest absolute Gasteiger partial charge is 0.331 e. The van der Waals surface area contributed by atoms with Crippen molar-refractivity contribution < 1.29 is 9.63 Å². The number of carbonyl (C=O) groups is 1. The zero-order valence-corrected chi connectivity index (χ0v) is 16.5. The molecule has 0 radical (unpaired) electrons. The Morgan fingerprint density at radius 2 is 1.86 bits per heavy atom. The van der Waals surface area contributed by atoms with Crippen LogP contribution in [0.4, 0.5) is 0 Å². The molecule has 0 saturated heterocycles. The first-order valence-electron chi connectivity index (χ1n) is 9.94. The minimum Gasteiger partial charge on any atom is -0.331 e. The van der Waals surface area contributed by atoms with Gasteiger partial charge in [-0.1, -0.05) is 68.2 Å². The van der Waals surface area contributed by atoms with Gasteiger partial charge in [0.1, 0.15) is 5.71 Å². The van der Waals surface area contributed by atoms with Gasteiger partial charge in [-0.3, -0.25) is 0 Å². The number of imidazole rings is 1. The van der Waals surface area contributed by atoms with E-state index in [0.717, 1.165) is 42.0 Å². The van der Waals surface area contributed by atoms with Crippen molar-refractivity contribution in [2.45, 2.75) is 46.1 Å². The highest BCUT2D eigenvalue weighted by atomic mass is 16.7. The largest absolute Gasteiger partial charge is 0.338 e. The molecule has 1 heterocycles. The van der Waals surface area contributed by atoms with Crippen LogP contribution in [0.2, 0.25) is 0 Å². The lowest BCUT2D eigenvalue weighted by Gasteiger charge is -2.13. The molecule has 146 valence electrons. The summed E-state index contributed by atoms with van der Waals surface area (Å²) in [5, 5.41) is 6.57. The highest BCUT2D eigenvalue weighted by Crippen LogP contribution is 2.18. The van der Waals surface area contributed by atoms with E-state index in [0.29, 0.717) is 12.3 Å². The van der Waals surface area contributed by atoms with Gasteiger partial charge in [0.05, 0.1) is 18.8 Å². The molecule has 0 aliphatic heterocycles. The van der Waals surface area contributed by atoms with Crippen LogP contribution in [0.3, 0.4) is 0 Å². The Hall–Kier alpha value is -2.95. The van der Waals surface area contributed by atoms with Gasteiger partial charge in [0, 0.05) is 18.0 Å². The average molecular weight is 377 g/mol. The number of nitrogens with zero attached hydrogens (tertiary/aromatic N) is 3. The number of oxime groups is 1. The summed E-state index contributed by atoms with van der Waals surface area (Å²) in [5.74, 6) is -0.336. The van der Waals surface area contributed by atoms with Gasteiger partial charge in [-0.05, 0) is 29.7 Å². The van der Waals surface area contributed by atoms with Crippen molar-refractivity contribution in [1.82, 2.24) is 9.55 Å². The molecule has 5 heteroatoms. The average Bonchev–Trinajstić information content (AvgIpc) is 3.23. The molecule has 0 aliphatic carbocycles. The van der Waals surface area contributed by atoms with E-state index in [2.05, 4.69) is 48.3 Å². The molecular formula is C23H27N3O2. The normalized spacial score (nSPS) is 11.9. The maximum Gasteiger partial charge on any atom is 0.338 e. The number of carbonyl (C=O) groups excluding carboxylic acids is 1. The Balaban J connectivity index is 1.87. The molecule has 0 saturated carbocycles. The number of fused-ring (bicyclic) bond motifs is 1.